The van der Waals surface area contributed by atoms with Gasteiger partial charge in [0, 0.05) is 27.7 Å². The summed E-state index contributed by atoms with van der Waals surface area (Å²) in [7, 11) is 0. The summed E-state index contributed by atoms with van der Waals surface area (Å²) in [5.74, 6) is -0.178. The molecular weight excluding hydrogens is 426 g/mol. The molecule has 0 spiro atoms. The van der Waals surface area contributed by atoms with Gasteiger partial charge in [0.15, 0.2) is 0 Å². The van der Waals surface area contributed by atoms with Gasteiger partial charge in [0.1, 0.15) is 5.60 Å². The minimum atomic E-state index is -0.484. The summed E-state index contributed by atoms with van der Waals surface area (Å²) in [5, 5.41) is 2.58. The fourth-order valence-corrected chi connectivity index (χ4v) is 5.50. The Balaban J connectivity index is 1.79. The maximum atomic E-state index is 12.7. The number of rotatable bonds is 7. The maximum Gasteiger partial charge on any atom is 0.310 e. The largest absolute Gasteiger partial charge is 0.460 e. The Bertz CT molecular complexity index is 1280. The van der Waals surface area contributed by atoms with E-state index in [9.17, 15) is 4.79 Å². The van der Waals surface area contributed by atoms with Crippen molar-refractivity contribution >= 4 is 39.5 Å². The second-order valence-corrected chi connectivity index (χ2v) is 10.4. The molecule has 4 heteroatoms. The van der Waals surface area contributed by atoms with E-state index in [1.807, 2.05) is 20.8 Å². The molecule has 0 aliphatic carbocycles. The fraction of sp³-hybridized carbons (Fsp3) is 0.345. The first kappa shape index (κ1) is 23.4. The molecule has 4 aromatic rings. The van der Waals surface area contributed by atoms with Crippen LogP contribution >= 0.6 is 11.8 Å². The third-order valence-electron chi connectivity index (χ3n) is 5.91. The van der Waals surface area contributed by atoms with Gasteiger partial charge in [0.2, 0.25) is 0 Å². The standard InChI is InChI=1S/C29H33NO2S/c1-20-18-22(19-25(31)32-29(2,3)4)28(33-5)27-26(20)23-15-9-10-16-24(23)30(27)17-11-14-21-12-7-6-8-13-21/h6-10,12-13,15-16,18H,11,14,17,19H2,1-5H3. The van der Waals surface area contributed by atoms with E-state index in [0.717, 1.165) is 24.9 Å². The van der Waals surface area contributed by atoms with Gasteiger partial charge in [-0.15, -0.1) is 11.8 Å². The highest BCUT2D eigenvalue weighted by Gasteiger charge is 2.22. The molecule has 172 valence electrons. The number of hydrogen-bond donors (Lipinski definition) is 0. The van der Waals surface area contributed by atoms with Gasteiger partial charge < -0.3 is 9.30 Å². The predicted molar refractivity (Wildman–Crippen MR) is 140 cm³/mol. The van der Waals surface area contributed by atoms with Crippen molar-refractivity contribution in [3.05, 3.63) is 77.4 Å². The fourth-order valence-electron chi connectivity index (χ4n) is 4.70. The quantitative estimate of drug-likeness (QED) is 0.214. The molecular formula is C29H33NO2S. The first-order valence-corrected chi connectivity index (χ1v) is 12.8. The molecule has 0 saturated carbocycles. The first-order chi connectivity index (χ1) is 15.8. The van der Waals surface area contributed by atoms with Gasteiger partial charge in [-0.3, -0.25) is 4.79 Å². The Labute approximate surface area is 201 Å². The predicted octanol–water partition coefficient (Wildman–Crippen LogP) is 7.34. The van der Waals surface area contributed by atoms with Crippen LogP contribution in [0.25, 0.3) is 21.8 Å². The number of hydrogen-bond acceptors (Lipinski definition) is 3. The second kappa shape index (κ2) is 9.64. The molecule has 3 nitrogen and oxygen atoms in total. The highest BCUT2D eigenvalue weighted by Crippen LogP contribution is 2.39. The Kier molecular flexibility index (Phi) is 6.85. The zero-order valence-corrected chi connectivity index (χ0v) is 21.1. The molecule has 33 heavy (non-hydrogen) atoms. The van der Waals surface area contributed by atoms with Crippen LogP contribution in [0.3, 0.4) is 0 Å². The summed E-state index contributed by atoms with van der Waals surface area (Å²) in [4.78, 5) is 13.9. The third kappa shape index (κ3) is 5.11. The lowest BCUT2D eigenvalue weighted by Gasteiger charge is -2.20. The molecule has 0 amide bonds. The lowest BCUT2D eigenvalue weighted by Crippen LogP contribution is -2.25. The van der Waals surface area contributed by atoms with Crippen LogP contribution in [0.4, 0.5) is 0 Å². The van der Waals surface area contributed by atoms with Crippen molar-refractivity contribution in [2.75, 3.05) is 6.26 Å². The van der Waals surface area contributed by atoms with E-state index in [4.69, 9.17) is 4.74 Å². The first-order valence-electron chi connectivity index (χ1n) is 11.6. The van der Waals surface area contributed by atoms with E-state index in [0.29, 0.717) is 0 Å². The molecule has 1 aromatic heterocycles. The number of para-hydroxylation sites is 1. The van der Waals surface area contributed by atoms with Gasteiger partial charge in [-0.1, -0.05) is 54.6 Å². The number of fused-ring (bicyclic) bond motifs is 3. The zero-order chi connectivity index (χ0) is 23.6. The van der Waals surface area contributed by atoms with Crippen LogP contribution in [-0.4, -0.2) is 22.4 Å². The van der Waals surface area contributed by atoms with Gasteiger partial charge in [-0.2, -0.15) is 0 Å². The van der Waals surface area contributed by atoms with Gasteiger partial charge in [0.05, 0.1) is 11.9 Å². The summed E-state index contributed by atoms with van der Waals surface area (Å²) in [6, 6.07) is 21.5. The van der Waals surface area contributed by atoms with Crippen LogP contribution in [-0.2, 0) is 28.9 Å². The summed E-state index contributed by atoms with van der Waals surface area (Å²) in [6.07, 6.45) is 4.49. The highest BCUT2D eigenvalue weighted by atomic mass is 32.2. The number of aromatic nitrogens is 1. The number of nitrogens with zero attached hydrogens (tertiary/aromatic N) is 1. The minimum Gasteiger partial charge on any atom is -0.460 e. The number of carbonyl (C=O) groups is 1. The Morgan fingerprint density at radius 3 is 2.42 bits per heavy atom. The molecule has 0 atom stereocenters. The van der Waals surface area contributed by atoms with Crippen LogP contribution in [0.5, 0.6) is 0 Å². The van der Waals surface area contributed by atoms with E-state index < -0.39 is 5.60 Å². The van der Waals surface area contributed by atoms with Crippen LogP contribution in [0, 0.1) is 6.92 Å². The van der Waals surface area contributed by atoms with Crippen molar-refractivity contribution in [2.45, 2.75) is 64.0 Å². The molecule has 0 N–H and O–H groups in total. The number of ether oxygens (including phenoxy) is 1. The SMILES string of the molecule is CSc1c(CC(=O)OC(C)(C)C)cc(C)c2c3ccccc3n(CCCc3ccccc3)c12. The van der Waals surface area contributed by atoms with Gasteiger partial charge in [-0.05, 0) is 69.5 Å². The lowest BCUT2D eigenvalue weighted by molar-refractivity contribution is -0.153. The normalized spacial score (nSPS) is 11.9. The number of carbonyl (C=O) groups excluding carboxylic acids is 1. The molecule has 0 saturated heterocycles. The Hall–Kier alpha value is -2.72. The topological polar surface area (TPSA) is 31.2 Å². The second-order valence-electron chi connectivity index (χ2n) is 9.63. The zero-order valence-electron chi connectivity index (χ0n) is 20.3. The van der Waals surface area contributed by atoms with E-state index in [1.54, 1.807) is 11.8 Å². The van der Waals surface area contributed by atoms with Crippen molar-refractivity contribution < 1.29 is 9.53 Å². The monoisotopic (exact) mass is 459 g/mol. The van der Waals surface area contributed by atoms with Crippen molar-refractivity contribution in [2.24, 2.45) is 0 Å². The summed E-state index contributed by atoms with van der Waals surface area (Å²) < 4.78 is 8.10. The van der Waals surface area contributed by atoms with E-state index in [2.05, 4.69) is 78.4 Å². The molecule has 0 fully saturated rings. The van der Waals surface area contributed by atoms with Crippen LogP contribution < -0.4 is 0 Å². The van der Waals surface area contributed by atoms with E-state index in [1.165, 1.54) is 37.8 Å². The maximum absolute atomic E-state index is 12.7. The smallest absolute Gasteiger partial charge is 0.310 e. The van der Waals surface area contributed by atoms with Crippen LogP contribution in [0.1, 0.15) is 43.9 Å². The molecule has 1 heterocycles. The third-order valence-corrected chi connectivity index (χ3v) is 6.78. The minimum absolute atomic E-state index is 0.178. The average Bonchev–Trinajstić information content (AvgIpc) is 3.08. The summed E-state index contributed by atoms with van der Waals surface area (Å²) in [6.45, 7) is 8.84. The van der Waals surface area contributed by atoms with Gasteiger partial charge in [0.25, 0.3) is 0 Å². The molecule has 0 bridgehead atoms. The van der Waals surface area contributed by atoms with Crippen molar-refractivity contribution in [3.8, 4) is 0 Å². The van der Waals surface area contributed by atoms with E-state index >= 15 is 0 Å². The lowest BCUT2D eigenvalue weighted by atomic mass is 10.0. The highest BCUT2D eigenvalue weighted by molar-refractivity contribution is 7.98. The molecule has 3 aromatic carbocycles. The number of esters is 1. The molecule has 4 rings (SSSR count). The molecule has 0 unspecified atom stereocenters. The van der Waals surface area contributed by atoms with Crippen molar-refractivity contribution in [1.29, 1.82) is 0 Å². The van der Waals surface area contributed by atoms with Gasteiger partial charge >= 0.3 is 5.97 Å². The van der Waals surface area contributed by atoms with Crippen molar-refractivity contribution in [1.82, 2.24) is 4.57 Å². The molecule has 0 aliphatic rings. The van der Waals surface area contributed by atoms with Crippen LogP contribution in [0.15, 0.2) is 65.6 Å². The number of thioether (sulfide) groups is 1. The number of benzene rings is 3. The Morgan fingerprint density at radius 2 is 1.73 bits per heavy atom. The summed E-state index contributed by atoms with van der Waals surface area (Å²) >= 11 is 1.72. The van der Waals surface area contributed by atoms with Gasteiger partial charge in [-0.25, -0.2) is 0 Å². The molecule has 0 radical (unpaired) electrons. The Morgan fingerprint density at radius 1 is 1.03 bits per heavy atom. The number of aryl methyl sites for hydroxylation is 3. The van der Waals surface area contributed by atoms with Crippen molar-refractivity contribution in [3.63, 3.8) is 0 Å². The average molecular weight is 460 g/mol. The molecule has 0 aliphatic heterocycles. The summed E-state index contributed by atoms with van der Waals surface area (Å²) in [5.41, 5.74) is 5.64. The van der Waals surface area contributed by atoms with E-state index in [-0.39, 0.29) is 12.4 Å². The van der Waals surface area contributed by atoms with Crippen LogP contribution in [0.2, 0.25) is 0 Å².